The number of hydrogen-bond donors (Lipinski definition) is 1. The predicted molar refractivity (Wildman–Crippen MR) is 68.0 cm³/mol. The standard InChI is InChI=1S/C13H14F3N3O/c1-8-11(6-10(17)7-18-8)12(20)19-4-2-9(3-5-19)13(14,15)16/h2,6-7H,3-5,17H2,1H3. The van der Waals surface area contributed by atoms with Gasteiger partial charge in [-0.3, -0.25) is 9.78 Å². The first-order chi connectivity index (χ1) is 9.29. The summed E-state index contributed by atoms with van der Waals surface area (Å²) in [5, 5.41) is 0. The molecular formula is C13H14F3N3O. The number of aryl methyl sites for hydroxylation is 1. The van der Waals surface area contributed by atoms with Crippen LogP contribution in [0.2, 0.25) is 0 Å². The van der Waals surface area contributed by atoms with Gasteiger partial charge in [-0.1, -0.05) is 6.08 Å². The van der Waals surface area contributed by atoms with Gasteiger partial charge in [0.15, 0.2) is 0 Å². The Labute approximate surface area is 114 Å². The fourth-order valence-corrected chi connectivity index (χ4v) is 2.05. The molecule has 1 aromatic rings. The third-order valence-electron chi connectivity index (χ3n) is 3.20. The van der Waals surface area contributed by atoms with E-state index in [-0.39, 0.29) is 25.4 Å². The monoisotopic (exact) mass is 285 g/mol. The highest BCUT2D eigenvalue weighted by Crippen LogP contribution is 2.30. The maximum Gasteiger partial charge on any atom is 0.412 e. The predicted octanol–water partition coefficient (Wildman–Crippen LogP) is 2.31. The van der Waals surface area contributed by atoms with Crippen LogP contribution in [0.1, 0.15) is 22.5 Å². The summed E-state index contributed by atoms with van der Waals surface area (Å²) in [6.07, 6.45) is -2.02. The molecular weight excluding hydrogens is 271 g/mol. The van der Waals surface area contributed by atoms with Crippen molar-refractivity contribution in [2.45, 2.75) is 19.5 Å². The van der Waals surface area contributed by atoms with E-state index in [4.69, 9.17) is 5.73 Å². The highest BCUT2D eigenvalue weighted by Gasteiger charge is 2.35. The second kappa shape index (κ2) is 5.15. The van der Waals surface area contributed by atoms with Crippen LogP contribution in [0.15, 0.2) is 23.9 Å². The summed E-state index contributed by atoms with van der Waals surface area (Å²) in [5.41, 5.74) is 6.19. The minimum absolute atomic E-state index is 0.0401. The van der Waals surface area contributed by atoms with Crippen molar-refractivity contribution in [1.82, 2.24) is 9.88 Å². The summed E-state index contributed by atoms with van der Waals surface area (Å²) in [7, 11) is 0. The Kier molecular flexibility index (Phi) is 3.69. The first kappa shape index (κ1) is 14.4. The lowest BCUT2D eigenvalue weighted by molar-refractivity contribution is -0.0957. The number of anilines is 1. The molecule has 2 rings (SSSR count). The summed E-state index contributed by atoms with van der Waals surface area (Å²) in [5.74, 6) is -0.347. The Morgan fingerprint density at radius 3 is 2.70 bits per heavy atom. The molecule has 1 amide bonds. The average Bonchev–Trinajstić information content (AvgIpc) is 2.40. The molecule has 0 aliphatic carbocycles. The Bertz CT molecular complexity index is 566. The zero-order valence-corrected chi connectivity index (χ0v) is 10.9. The van der Waals surface area contributed by atoms with Gasteiger partial charge >= 0.3 is 6.18 Å². The molecule has 1 aliphatic rings. The van der Waals surface area contributed by atoms with Gasteiger partial charge in [0, 0.05) is 18.7 Å². The topological polar surface area (TPSA) is 59.2 Å². The van der Waals surface area contributed by atoms with Gasteiger partial charge in [-0.25, -0.2) is 0 Å². The SMILES string of the molecule is Cc1ncc(N)cc1C(=O)N1CC=C(C(F)(F)F)CC1. The molecule has 0 fully saturated rings. The van der Waals surface area contributed by atoms with Crippen LogP contribution < -0.4 is 5.73 Å². The lowest BCUT2D eigenvalue weighted by Crippen LogP contribution is -2.37. The number of carbonyl (C=O) groups excluding carboxylic acids is 1. The molecule has 0 aromatic carbocycles. The number of nitrogens with zero attached hydrogens (tertiary/aromatic N) is 2. The fourth-order valence-electron chi connectivity index (χ4n) is 2.05. The molecule has 0 radical (unpaired) electrons. The second-order valence-corrected chi connectivity index (χ2v) is 4.63. The van der Waals surface area contributed by atoms with Gasteiger partial charge < -0.3 is 10.6 Å². The number of nitrogen functional groups attached to an aromatic ring is 1. The van der Waals surface area contributed by atoms with Crippen molar-refractivity contribution in [2.75, 3.05) is 18.8 Å². The number of aromatic nitrogens is 1. The number of carbonyl (C=O) groups is 1. The quantitative estimate of drug-likeness (QED) is 0.805. The smallest absolute Gasteiger partial charge is 0.397 e. The molecule has 2 N–H and O–H groups in total. The number of rotatable bonds is 1. The fraction of sp³-hybridized carbons (Fsp3) is 0.385. The number of pyridine rings is 1. The molecule has 0 spiro atoms. The number of hydrogen-bond acceptors (Lipinski definition) is 3. The lowest BCUT2D eigenvalue weighted by Gasteiger charge is -2.27. The van der Waals surface area contributed by atoms with Crippen molar-refractivity contribution < 1.29 is 18.0 Å². The molecule has 0 saturated heterocycles. The number of alkyl halides is 3. The Morgan fingerprint density at radius 2 is 2.15 bits per heavy atom. The average molecular weight is 285 g/mol. The molecule has 1 aromatic heterocycles. The highest BCUT2D eigenvalue weighted by atomic mass is 19.4. The van der Waals surface area contributed by atoms with Crippen LogP contribution in [0.25, 0.3) is 0 Å². The minimum atomic E-state index is -4.32. The van der Waals surface area contributed by atoms with Crippen molar-refractivity contribution in [3.8, 4) is 0 Å². The summed E-state index contributed by atoms with van der Waals surface area (Å²) < 4.78 is 37.5. The van der Waals surface area contributed by atoms with E-state index in [1.54, 1.807) is 6.92 Å². The first-order valence-electron chi connectivity index (χ1n) is 6.06. The van der Waals surface area contributed by atoms with E-state index in [1.807, 2.05) is 0 Å². The maximum absolute atomic E-state index is 12.5. The van der Waals surface area contributed by atoms with Crippen LogP contribution in [0.3, 0.4) is 0 Å². The van der Waals surface area contributed by atoms with Gasteiger partial charge in [0.25, 0.3) is 5.91 Å². The largest absolute Gasteiger partial charge is 0.412 e. The van der Waals surface area contributed by atoms with Crippen LogP contribution in [0.4, 0.5) is 18.9 Å². The van der Waals surface area contributed by atoms with Gasteiger partial charge in [0.05, 0.1) is 23.1 Å². The molecule has 1 aliphatic heterocycles. The van der Waals surface area contributed by atoms with Crippen molar-refractivity contribution >= 4 is 11.6 Å². The third-order valence-corrected chi connectivity index (χ3v) is 3.20. The molecule has 2 heterocycles. The number of nitrogens with two attached hydrogens (primary N) is 1. The van der Waals surface area contributed by atoms with Crippen LogP contribution in [0, 0.1) is 6.92 Å². The Hall–Kier alpha value is -2.05. The van der Waals surface area contributed by atoms with E-state index >= 15 is 0 Å². The van der Waals surface area contributed by atoms with Gasteiger partial charge in [-0.15, -0.1) is 0 Å². The Balaban J connectivity index is 2.17. The first-order valence-corrected chi connectivity index (χ1v) is 6.06. The van der Waals surface area contributed by atoms with E-state index in [0.717, 1.165) is 6.08 Å². The van der Waals surface area contributed by atoms with Crippen LogP contribution in [0.5, 0.6) is 0 Å². The van der Waals surface area contributed by atoms with Crippen molar-refractivity contribution in [1.29, 1.82) is 0 Å². The van der Waals surface area contributed by atoms with E-state index in [1.165, 1.54) is 17.2 Å². The number of amides is 1. The van der Waals surface area contributed by atoms with Crippen LogP contribution >= 0.6 is 0 Å². The summed E-state index contributed by atoms with van der Waals surface area (Å²) in [4.78, 5) is 17.6. The zero-order chi connectivity index (χ0) is 14.9. The Morgan fingerprint density at radius 1 is 1.45 bits per heavy atom. The molecule has 0 saturated carbocycles. The van der Waals surface area contributed by atoms with Crippen molar-refractivity contribution in [2.24, 2.45) is 0 Å². The molecule has 4 nitrogen and oxygen atoms in total. The van der Waals surface area contributed by atoms with E-state index in [0.29, 0.717) is 16.9 Å². The van der Waals surface area contributed by atoms with E-state index in [2.05, 4.69) is 4.98 Å². The summed E-state index contributed by atoms with van der Waals surface area (Å²) >= 11 is 0. The third kappa shape index (κ3) is 2.92. The second-order valence-electron chi connectivity index (χ2n) is 4.63. The van der Waals surface area contributed by atoms with Gasteiger partial charge in [-0.2, -0.15) is 13.2 Å². The normalized spacial score (nSPS) is 16.0. The van der Waals surface area contributed by atoms with Crippen molar-refractivity contribution in [3.05, 3.63) is 35.2 Å². The summed E-state index contributed by atoms with van der Waals surface area (Å²) in [6.45, 7) is 1.65. The maximum atomic E-state index is 12.5. The minimum Gasteiger partial charge on any atom is -0.397 e. The van der Waals surface area contributed by atoms with Gasteiger partial charge in [-0.05, 0) is 19.4 Å². The van der Waals surface area contributed by atoms with E-state index < -0.39 is 11.7 Å². The molecule has 0 atom stereocenters. The molecule has 20 heavy (non-hydrogen) atoms. The van der Waals surface area contributed by atoms with Gasteiger partial charge in [0.2, 0.25) is 0 Å². The molecule has 0 bridgehead atoms. The molecule has 7 heteroatoms. The molecule has 0 unspecified atom stereocenters. The molecule has 108 valence electrons. The number of halogens is 3. The van der Waals surface area contributed by atoms with Crippen molar-refractivity contribution in [3.63, 3.8) is 0 Å². The zero-order valence-electron chi connectivity index (χ0n) is 10.9. The van der Waals surface area contributed by atoms with Crippen LogP contribution in [-0.4, -0.2) is 35.1 Å². The highest BCUT2D eigenvalue weighted by molar-refractivity contribution is 5.96. The summed E-state index contributed by atoms with van der Waals surface area (Å²) in [6, 6.07) is 1.49. The lowest BCUT2D eigenvalue weighted by atomic mass is 10.1. The van der Waals surface area contributed by atoms with E-state index in [9.17, 15) is 18.0 Å². The van der Waals surface area contributed by atoms with Gasteiger partial charge in [0.1, 0.15) is 0 Å². The van der Waals surface area contributed by atoms with Crippen LogP contribution in [-0.2, 0) is 0 Å².